The normalized spacial score (nSPS) is 21.4. The van der Waals surface area contributed by atoms with Crippen molar-refractivity contribution < 1.29 is 18.8 Å². The van der Waals surface area contributed by atoms with Crippen LogP contribution in [0.2, 0.25) is 0 Å². The highest BCUT2D eigenvalue weighted by Crippen LogP contribution is 2.43. The molecule has 0 spiro atoms. The Balaban J connectivity index is 1.79. The van der Waals surface area contributed by atoms with Crippen molar-refractivity contribution in [3.8, 4) is 0 Å². The summed E-state index contributed by atoms with van der Waals surface area (Å²) < 4.78 is 15.2. The van der Waals surface area contributed by atoms with E-state index in [1.165, 1.54) is 12.1 Å². The lowest BCUT2D eigenvalue weighted by Gasteiger charge is -2.45. The Bertz CT molecular complexity index is 1230. The number of aryl methyl sites for hydroxylation is 1. The van der Waals surface area contributed by atoms with E-state index in [9.17, 15) is 14.4 Å². The summed E-state index contributed by atoms with van der Waals surface area (Å²) in [6.07, 6.45) is 2.12. The number of benzene rings is 2. The molecule has 33 heavy (non-hydrogen) atoms. The van der Waals surface area contributed by atoms with E-state index >= 15 is 4.39 Å². The first-order chi connectivity index (χ1) is 15.4. The number of urea groups is 1. The van der Waals surface area contributed by atoms with E-state index in [1.54, 1.807) is 25.1 Å². The van der Waals surface area contributed by atoms with Crippen LogP contribution in [-0.2, 0) is 9.59 Å². The van der Waals surface area contributed by atoms with Gasteiger partial charge in [0.2, 0.25) is 0 Å². The van der Waals surface area contributed by atoms with Crippen molar-refractivity contribution in [1.82, 2.24) is 5.32 Å². The topological polar surface area (TPSA) is 69.7 Å². The van der Waals surface area contributed by atoms with Crippen LogP contribution in [0.15, 0.2) is 35.9 Å². The van der Waals surface area contributed by atoms with Gasteiger partial charge < -0.3 is 4.90 Å². The second kappa shape index (κ2) is 7.83. The van der Waals surface area contributed by atoms with Gasteiger partial charge in [-0.1, -0.05) is 19.1 Å². The van der Waals surface area contributed by atoms with Crippen molar-refractivity contribution in [3.63, 3.8) is 0 Å². The van der Waals surface area contributed by atoms with Crippen LogP contribution in [0.1, 0.15) is 55.4 Å². The van der Waals surface area contributed by atoms with Gasteiger partial charge in [0.1, 0.15) is 11.4 Å². The predicted molar refractivity (Wildman–Crippen MR) is 127 cm³/mol. The highest BCUT2D eigenvalue weighted by atomic mass is 19.1. The Hall–Kier alpha value is -3.48. The third-order valence-corrected chi connectivity index (χ3v) is 6.97. The second-order valence-corrected chi connectivity index (χ2v) is 9.59. The maximum atomic E-state index is 15.2. The minimum atomic E-state index is -0.838. The van der Waals surface area contributed by atoms with Gasteiger partial charge in [-0.3, -0.25) is 14.9 Å². The molecule has 2 aromatic carbocycles. The molecule has 4 rings (SSSR count). The molecule has 0 aromatic heterocycles. The summed E-state index contributed by atoms with van der Waals surface area (Å²) in [4.78, 5) is 41.4. The number of halogens is 1. The molecule has 1 saturated heterocycles. The van der Waals surface area contributed by atoms with Crippen molar-refractivity contribution in [2.45, 2.75) is 52.5 Å². The van der Waals surface area contributed by atoms with Gasteiger partial charge in [-0.25, -0.2) is 14.1 Å². The van der Waals surface area contributed by atoms with Gasteiger partial charge in [-0.05, 0) is 81.0 Å². The highest BCUT2D eigenvalue weighted by Gasteiger charge is 2.38. The molecule has 1 unspecified atom stereocenters. The van der Waals surface area contributed by atoms with Gasteiger partial charge in [-0.15, -0.1) is 0 Å². The summed E-state index contributed by atoms with van der Waals surface area (Å²) in [6, 6.07) is 7.59. The minimum absolute atomic E-state index is 0.120. The van der Waals surface area contributed by atoms with Crippen molar-refractivity contribution in [2.75, 3.05) is 16.8 Å². The molecular formula is C26H28FN3O3. The van der Waals surface area contributed by atoms with Crippen LogP contribution in [0.25, 0.3) is 6.08 Å². The number of barbiturate groups is 1. The summed E-state index contributed by atoms with van der Waals surface area (Å²) in [5.41, 5.74) is 3.52. The number of rotatable bonds is 2. The molecule has 2 aliphatic heterocycles. The Kier molecular flexibility index (Phi) is 5.39. The molecule has 6 nitrogen and oxygen atoms in total. The largest absolute Gasteiger partial charge is 0.369 e. The van der Waals surface area contributed by atoms with Crippen molar-refractivity contribution >= 4 is 35.3 Å². The zero-order valence-corrected chi connectivity index (χ0v) is 19.7. The molecule has 1 N–H and O–H groups in total. The Morgan fingerprint density at radius 1 is 1.12 bits per heavy atom. The van der Waals surface area contributed by atoms with Crippen molar-refractivity contribution in [1.29, 1.82) is 0 Å². The number of hydrogen-bond acceptors (Lipinski definition) is 4. The highest BCUT2D eigenvalue weighted by molar-refractivity contribution is 6.39. The van der Waals surface area contributed by atoms with Gasteiger partial charge >= 0.3 is 6.03 Å². The third kappa shape index (κ3) is 3.71. The smallest absolute Gasteiger partial charge is 0.335 e. The van der Waals surface area contributed by atoms with Crippen LogP contribution >= 0.6 is 0 Å². The summed E-state index contributed by atoms with van der Waals surface area (Å²) in [5.74, 6) is -1.97. The second-order valence-electron chi connectivity index (χ2n) is 9.59. The number of anilines is 2. The SMILES string of the molecule is Cc1cccc(N2C(=O)NC(=O)/C(=C/c3cc4c(cc3F)N(C)C(C)(C)CC4C)C2=O)c1C. The van der Waals surface area contributed by atoms with Gasteiger partial charge in [-0.2, -0.15) is 0 Å². The maximum Gasteiger partial charge on any atom is 0.335 e. The lowest BCUT2D eigenvalue weighted by Crippen LogP contribution is -2.54. The summed E-state index contributed by atoms with van der Waals surface area (Å²) in [7, 11) is 1.94. The quantitative estimate of drug-likeness (QED) is 0.527. The summed E-state index contributed by atoms with van der Waals surface area (Å²) in [6.45, 7) is 9.98. The van der Waals surface area contributed by atoms with E-state index in [-0.39, 0.29) is 22.6 Å². The monoisotopic (exact) mass is 449 g/mol. The maximum absolute atomic E-state index is 15.2. The first-order valence-electron chi connectivity index (χ1n) is 11.0. The fourth-order valence-corrected chi connectivity index (χ4v) is 4.72. The first-order valence-corrected chi connectivity index (χ1v) is 11.0. The Labute approximate surface area is 193 Å². The van der Waals surface area contributed by atoms with E-state index in [0.717, 1.165) is 33.7 Å². The Morgan fingerprint density at radius 2 is 1.82 bits per heavy atom. The molecule has 0 aliphatic carbocycles. The van der Waals surface area contributed by atoms with Crippen LogP contribution in [0.4, 0.5) is 20.6 Å². The van der Waals surface area contributed by atoms with Crippen LogP contribution in [0.3, 0.4) is 0 Å². The predicted octanol–water partition coefficient (Wildman–Crippen LogP) is 4.83. The Morgan fingerprint density at radius 3 is 2.52 bits per heavy atom. The van der Waals surface area contributed by atoms with E-state index in [4.69, 9.17) is 0 Å². The average molecular weight is 450 g/mol. The van der Waals surface area contributed by atoms with E-state index < -0.39 is 23.7 Å². The molecule has 7 heteroatoms. The molecule has 2 aromatic rings. The van der Waals surface area contributed by atoms with E-state index in [1.807, 2.05) is 20.0 Å². The van der Waals surface area contributed by atoms with Gasteiger partial charge in [0, 0.05) is 23.8 Å². The van der Waals surface area contributed by atoms with Gasteiger partial charge in [0.05, 0.1) is 5.69 Å². The van der Waals surface area contributed by atoms with Crippen LogP contribution < -0.4 is 15.1 Å². The number of nitrogens with one attached hydrogen (secondary N) is 1. The molecule has 0 saturated carbocycles. The fourth-order valence-electron chi connectivity index (χ4n) is 4.72. The molecule has 1 atom stereocenters. The van der Waals surface area contributed by atoms with Crippen LogP contribution in [0.5, 0.6) is 0 Å². The number of amides is 4. The molecule has 172 valence electrons. The standard InChI is InChI=1S/C26H28FN3O3/c1-14-8-7-9-21(16(14)3)30-24(32)19(23(31)28-25(30)33)11-17-10-18-15(2)13-26(4,5)29(6)22(18)12-20(17)27/h7-12,15H,13H2,1-6H3,(H,28,31,33)/b19-11-. The third-order valence-electron chi connectivity index (χ3n) is 6.97. The summed E-state index contributed by atoms with van der Waals surface area (Å²) in [5, 5.41) is 2.21. The molecule has 2 heterocycles. The lowest BCUT2D eigenvalue weighted by atomic mass is 9.80. The fraction of sp³-hybridized carbons (Fsp3) is 0.346. The van der Waals surface area contributed by atoms with Crippen LogP contribution in [-0.4, -0.2) is 30.4 Å². The molecule has 0 radical (unpaired) electrons. The van der Waals surface area contributed by atoms with E-state index in [0.29, 0.717) is 5.69 Å². The van der Waals surface area contributed by atoms with Crippen molar-refractivity contribution in [3.05, 3.63) is 64.0 Å². The zero-order valence-electron chi connectivity index (χ0n) is 19.7. The number of nitrogens with zero attached hydrogens (tertiary/aromatic N) is 2. The van der Waals surface area contributed by atoms with Gasteiger partial charge in [0.25, 0.3) is 11.8 Å². The van der Waals surface area contributed by atoms with E-state index in [2.05, 4.69) is 31.0 Å². The van der Waals surface area contributed by atoms with Crippen molar-refractivity contribution in [2.24, 2.45) is 0 Å². The first kappa shape index (κ1) is 22.7. The zero-order chi connectivity index (χ0) is 24.2. The molecule has 1 fully saturated rings. The molecule has 0 bridgehead atoms. The number of fused-ring (bicyclic) bond motifs is 1. The van der Waals surface area contributed by atoms with Gasteiger partial charge in [0.15, 0.2) is 0 Å². The molecule has 2 aliphatic rings. The molecular weight excluding hydrogens is 421 g/mol. The lowest BCUT2D eigenvalue weighted by molar-refractivity contribution is -0.122. The average Bonchev–Trinajstić information content (AvgIpc) is 2.72. The minimum Gasteiger partial charge on any atom is -0.369 e. The number of carbonyl (C=O) groups excluding carboxylic acids is 3. The van der Waals surface area contributed by atoms with Crippen LogP contribution in [0, 0.1) is 19.7 Å². The summed E-state index contributed by atoms with van der Waals surface area (Å²) >= 11 is 0. The number of hydrogen-bond donors (Lipinski definition) is 1. The number of imide groups is 2. The molecule has 4 amide bonds. The number of carbonyl (C=O) groups is 3.